The van der Waals surface area contributed by atoms with Crippen molar-refractivity contribution < 1.29 is 14.3 Å². The van der Waals surface area contributed by atoms with Crippen molar-refractivity contribution in [2.24, 2.45) is 11.5 Å². The van der Waals surface area contributed by atoms with Crippen LogP contribution in [0.15, 0.2) is 30.3 Å². The zero-order valence-corrected chi connectivity index (χ0v) is 18.0. The van der Waals surface area contributed by atoms with Crippen LogP contribution in [0.25, 0.3) is 0 Å². The van der Waals surface area contributed by atoms with E-state index >= 15 is 0 Å². The molecule has 1 saturated heterocycles. The van der Waals surface area contributed by atoms with Gasteiger partial charge in [0.25, 0.3) is 5.91 Å². The fourth-order valence-electron chi connectivity index (χ4n) is 4.98. The standard InChI is InChI=1S/C24H31N3O3/c1-14-4-5-15(2)17(8-14)19-12-27-7-6-16-9-23(30-13-24(26)28)22(29-3)10-18(16)21(27)11-20(19)25/h4-5,8-10,19-21H,6-7,11-13,25H2,1-3H3,(H2,26,28)/t19-,20+,21+/m0/s1. The van der Waals surface area contributed by atoms with Crippen molar-refractivity contribution in [2.75, 3.05) is 26.8 Å². The SMILES string of the molecule is COc1cc2c(cc1OCC(N)=O)CCN1C[C@@H](c3cc(C)ccc3C)[C@H](N)C[C@H]21. The first-order valence-electron chi connectivity index (χ1n) is 10.6. The van der Waals surface area contributed by atoms with Crippen LogP contribution in [0.5, 0.6) is 11.5 Å². The Hall–Kier alpha value is -2.57. The fourth-order valence-corrected chi connectivity index (χ4v) is 4.98. The number of ether oxygens (including phenoxy) is 2. The molecule has 0 saturated carbocycles. The van der Waals surface area contributed by atoms with E-state index in [1.54, 1.807) is 7.11 Å². The van der Waals surface area contributed by atoms with E-state index in [9.17, 15) is 4.79 Å². The maximum atomic E-state index is 11.1. The number of carbonyl (C=O) groups is 1. The molecule has 2 aromatic rings. The summed E-state index contributed by atoms with van der Waals surface area (Å²) in [6.07, 6.45) is 1.83. The van der Waals surface area contributed by atoms with Crippen LogP contribution in [0.1, 0.15) is 46.2 Å². The fraction of sp³-hybridized carbons (Fsp3) is 0.458. The number of aryl methyl sites for hydroxylation is 2. The van der Waals surface area contributed by atoms with Crippen LogP contribution in [0, 0.1) is 13.8 Å². The van der Waals surface area contributed by atoms with E-state index in [1.807, 2.05) is 12.1 Å². The van der Waals surface area contributed by atoms with Gasteiger partial charge in [-0.05, 0) is 61.1 Å². The van der Waals surface area contributed by atoms with Crippen LogP contribution in [0.3, 0.4) is 0 Å². The minimum atomic E-state index is -0.503. The van der Waals surface area contributed by atoms with Gasteiger partial charge in [0, 0.05) is 31.1 Å². The third-order valence-electron chi connectivity index (χ3n) is 6.54. The van der Waals surface area contributed by atoms with Gasteiger partial charge in [-0.15, -0.1) is 0 Å². The highest BCUT2D eigenvalue weighted by Crippen LogP contribution is 2.44. The Kier molecular flexibility index (Phi) is 5.71. The number of amides is 1. The number of carbonyl (C=O) groups excluding carboxylic acids is 1. The summed E-state index contributed by atoms with van der Waals surface area (Å²) >= 11 is 0. The molecule has 3 atom stereocenters. The van der Waals surface area contributed by atoms with Crippen LogP contribution >= 0.6 is 0 Å². The summed E-state index contributed by atoms with van der Waals surface area (Å²) in [5.74, 6) is 1.03. The van der Waals surface area contributed by atoms with E-state index < -0.39 is 5.91 Å². The van der Waals surface area contributed by atoms with Crippen LogP contribution in [-0.2, 0) is 11.2 Å². The number of benzene rings is 2. The number of nitrogens with two attached hydrogens (primary N) is 2. The zero-order chi connectivity index (χ0) is 21.4. The predicted octanol–water partition coefficient (Wildman–Crippen LogP) is 2.59. The Balaban J connectivity index is 1.62. The lowest BCUT2D eigenvalue weighted by molar-refractivity contribution is -0.119. The molecule has 0 radical (unpaired) electrons. The second-order valence-corrected chi connectivity index (χ2v) is 8.58. The molecule has 6 nitrogen and oxygen atoms in total. The maximum absolute atomic E-state index is 11.1. The summed E-state index contributed by atoms with van der Waals surface area (Å²) in [5.41, 5.74) is 18.4. The first kappa shape index (κ1) is 20.7. The van der Waals surface area contributed by atoms with Gasteiger partial charge in [-0.2, -0.15) is 0 Å². The molecule has 1 amide bonds. The molecule has 4 N–H and O–H groups in total. The van der Waals surface area contributed by atoms with Crippen molar-refractivity contribution in [1.82, 2.24) is 4.90 Å². The first-order valence-corrected chi connectivity index (χ1v) is 10.6. The van der Waals surface area contributed by atoms with E-state index in [1.165, 1.54) is 27.8 Å². The molecular formula is C24H31N3O3. The van der Waals surface area contributed by atoms with Gasteiger partial charge >= 0.3 is 0 Å². The molecule has 30 heavy (non-hydrogen) atoms. The highest BCUT2D eigenvalue weighted by molar-refractivity contribution is 5.75. The predicted molar refractivity (Wildman–Crippen MR) is 117 cm³/mol. The summed E-state index contributed by atoms with van der Waals surface area (Å²) in [7, 11) is 1.61. The van der Waals surface area contributed by atoms with Gasteiger partial charge in [-0.3, -0.25) is 9.69 Å². The molecule has 4 rings (SSSR count). The van der Waals surface area contributed by atoms with Crippen molar-refractivity contribution in [1.29, 1.82) is 0 Å². The molecule has 160 valence electrons. The minimum Gasteiger partial charge on any atom is -0.493 e. The smallest absolute Gasteiger partial charge is 0.255 e. The summed E-state index contributed by atoms with van der Waals surface area (Å²) in [6.45, 7) is 6.09. The number of hydrogen-bond acceptors (Lipinski definition) is 5. The lowest BCUT2D eigenvalue weighted by Crippen LogP contribution is -2.49. The Morgan fingerprint density at radius 1 is 1.17 bits per heavy atom. The van der Waals surface area contributed by atoms with E-state index in [2.05, 4.69) is 36.9 Å². The molecule has 0 spiro atoms. The summed E-state index contributed by atoms with van der Waals surface area (Å²) in [4.78, 5) is 13.7. The van der Waals surface area contributed by atoms with Gasteiger partial charge in [0.05, 0.1) is 7.11 Å². The first-order chi connectivity index (χ1) is 14.4. The van der Waals surface area contributed by atoms with Crippen LogP contribution in [0.4, 0.5) is 0 Å². The van der Waals surface area contributed by atoms with Crippen LogP contribution in [0.2, 0.25) is 0 Å². The minimum absolute atomic E-state index is 0.0921. The van der Waals surface area contributed by atoms with Gasteiger partial charge in [0.1, 0.15) is 0 Å². The normalized spacial score (nSPS) is 23.4. The van der Waals surface area contributed by atoms with Crippen molar-refractivity contribution >= 4 is 5.91 Å². The van der Waals surface area contributed by atoms with Gasteiger partial charge in [-0.25, -0.2) is 0 Å². The van der Waals surface area contributed by atoms with Gasteiger partial charge in [-0.1, -0.05) is 23.8 Å². The van der Waals surface area contributed by atoms with E-state index in [0.717, 1.165) is 25.9 Å². The molecule has 0 aliphatic carbocycles. The van der Waals surface area contributed by atoms with Crippen molar-refractivity contribution in [3.63, 3.8) is 0 Å². The van der Waals surface area contributed by atoms with Crippen molar-refractivity contribution in [3.05, 3.63) is 58.1 Å². The second-order valence-electron chi connectivity index (χ2n) is 8.58. The quantitative estimate of drug-likeness (QED) is 0.792. The summed E-state index contributed by atoms with van der Waals surface area (Å²) in [6, 6.07) is 11.1. The lowest BCUT2D eigenvalue weighted by Gasteiger charge is -2.46. The molecule has 0 aromatic heterocycles. The number of methoxy groups -OCH3 is 1. The Morgan fingerprint density at radius 3 is 2.70 bits per heavy atom. The highest BCUT2D eigenvalue weighted by Gasteiger charge is 2.39. The number of piperidine rings is 1. The molecule has 2 heterocycles. The third kappa shape index (κ3) is 3.89. The van der Waals surface area contributed by atoms with Crippen LogP contribution < -0.4 is 20.9 Å². The summed E-state index contributed by atoms with van der Waals surface area (Å²) < 4.78 is 11.1. The molecule has 2 aromatic carbocycles. The number of nitrogens with zero attached hydrogens (tertiary/aromatic N) is 1. The maximum Gasteiger partial charge on any atom is 0.255 e. The molecule has 2 aliphatic heterocycles. The summed E-state index contributed by atoms with van der Waals surface area (Å²) in [5, 5.41) is 0. The molecule has 1 fully saturated rings. The molecular weight excluding hydrogens is 378 g/mol. The lowest BCUT2D eigenvalue weighted by atomic mass is 9.77. The topological polar surface area (TPSA) is 90.8 Å². The Bertz CT molecular complexity index is 959. The molecule has 0 bridgehead atoms. The number of hydrogen-bond donors (Lipinski definition) is 2. The number of primary amides is 1. The largest absolute Gasteiger partial charge is 0.493 e. The zero-order valence-electron chi connectivity index (χ0n) is 18.0. The Morgan fingerprint density at radius 2 is 1.97 bits per heavy atom. The Labute approximate surface area is 178 Å². The average Bonchev–Trinajstić information content (AvgIpc) is 2.72. The number of fused-ring (bicyclic) bond motifs is 3. The van der Waals surface area contributed by atoms with Gasteiger partial charge in [0.2, 0.25) is 0 Å². The molecule has 0 unspecified atom stereocenters. The average molecular weight is 410 g/mol. The van der Waals surface area contributed by atoms with E-state index in [4.69, 9.17) is 20.9 Å². The monoisotopic (exact) mass is 409 g/mol. The highest BCUT2D eigenvalue weighted by atomic mass is 16.5. The van der Waals surface area contributed by atoms with Crippen molar-refractivity contribution in [3.8, 4) is 11.5 Å². The molecule has 2 aliphatic rings. The second kappa shape index (κ2) is 8.28. The molecule has 6 heteroatoms. The van der Waals surface area contributed by atoms with Crippen LogP contribution in [-0.4, -0.2) is 43.7 Å². The van der Waals surface area contributed by atoms with Gasteiger partial charge < -0.3 is 20.9 Å². The number of rotatable bonds is 5. The van der Waals surface area contributed by atoms with E-state index in [0.29, 0.717) is 17.4 Å². The van der Waals surface area contributed by atoms with E-state index in [-0.39, 0.29) is 18.7 Å². The third-order valence-corrected chi connectivity index (χ3v) is 6.54. The van der Waals surface area contributed by atoms with Gasteiger partial charge in [0.15, 0.2) is 18.1 Å². The van der Waals surface area contributed by atoms with Crippen molar-refractivity contribution in [2.45, 2.75) is 44.7 Å².